The lowest BCUT2D eigenvalue weighted by molar-refractivity contribution is -0.139. The number of Topliss-reactive ketones (excluding diaryl/α,β-unsaturated/α-hetero) is 1. The number of carbonyl (C=O) groups is 8. The maximum atomic E-state index is 14.2. The average molecular weight is 1220 g/mol. The van der Waals surface area contributed by atoms with E-state index in [4.69, 9.17) is 14.2 Å². The maximum absolute atomic E-state index is 14.2. The maximum Gasteiger partial charge on any atom is 0.417 e. The van der Waals surface area contributed by atoms with Crippen LogP contribution in [0.2, 0.25) is 0 Å². The van der Waals surface area contributed by atoms with E-state index in [2.05, 4.69) is 29.6 Å². The van der Waals surface area contributed by atoms with Crippen LogP contribution >= 0.6 is 0 Å². The molecule has 85 heavy (non-hydrogen) atoms. The Hall–Kier alpha value is -8.01. The first-order chi connectivity index (χ1) is 39.3. The van der Waals surface area contributed by atoms with Crippen LogP contribution in [-0.4, -0.2) is 136 Å². The molecule has 468 valence electrons. The fraction of sp³-hybridized carbons (Fsp3) is 0.536. The van der Waals surface area contributed by atoms with Gasteiger partial charge >= 0.3 is 42.7 Å². The van der Waals surface area contributed by atoms with Crippen molar-refractivity contribution >= 4 is 59.0 Å². The van der Waals surface area contributed by atoms with Crippen molar-refractivity contribution in [2.45, 2.75) is 141 Å². The molecule has 7 rings (SSSR count). The van der Waals surface area contributed by atoms with E-state index < -0.39 is 111 Å². The summed E-state index contributed by atoms with van der Waals surface area (Å²) < 4.78 is 156. The number of esters is 2. The van der Waals surface area contributed by atoms with Gasteiger partial charge in [-0.05, 0) is 105 Å². The Bertz CT molecular complexity index is 3060. The number of halogens is 9. The number of alkyl halides is 9. The lowest BCUT2D eigenvalue weighted by Gasteiger charge is -2.40. The molecule has 4 aliphatic rings. The van der Waals surface area contributed by atoms with E-state index >= 15 is 0 Å². The number of amides is 5. The molecule has 3 aromatic rings. The molecule has 3 aromatic carbocycles. The Kier molecular flexibility index (Phi) is 20.8. The van der Waals surface area contributed by atoms with Crippen molar-refractivity contribution in [3.63, 3.8) is 0 Å². The molecule has 3 aliphatic heterocycles. The third-order valence-corrected chi connectivity index (χ3v) is 13.9. The third kappa shape index (κ3) is 15.7. The molecule has 0 bridgehead atoms. The molecule has 1 saturated carbocycles. The molecule has 0 saturated heterocycles. The zero-order valence-electron chi connectivity index (χ0n) is 48.6. The standard InChI is InChI=1S/C25H34F3N3O5.C17H19F3N2O6.C14H13F3O4/c1-15(2)31(16-9-7-6-8-10-16)21(32)17-13-19-20(14-18(17)25(26,27)28)36-24(3,4)22(33)30(19)12-11-29-23(34)35-5;1-16(2)14(24)22(6-5-21-15(25)27-4)11-7-9(13(23)26-3)10(17(18,19)20)8-12(11)28-16;1-13(2)11(18)5-7-4-8(12(19)20-3)9(14(15,16)17)6-10(7)21-13/h13-16H,6-12H2,1-5H3,(H,29,34);7-8H,5-6H2,1-4H3,(H,21,25);4,6H,5H2,1-3H3. The van der Waals surface area contributed by atoms with Crippen molar-refractivity contribution in [2.24, 2.45) is 0 Å². The highest BCUT2D eigenvalue weighted by Crippen LogP contribution is 2.47. The number of fused-ring (bicyclic) bond motifs is 3. The minimum atomic E-state index is -4.84. The summed E-state index contributed by atoms with van der Waals surface area (Å²) in [4.78, 5) is 101. The molecule has 0 atom stereocenters. The number of hydrogen-bond donors (Lipinski definition) is 2. The number of nitrogens with one attached hydrogen (secondary N) is 2. The summed E-state index contributed by atoms with van der Waals surface area (Å²) in [7, 11) is 4.30. The van der Waals surface area contributed by atoms with Crippen molar-refractivity contribution in [2.75, 3.05) is 64.4 Å². The first-order valence-electron chi connectivity index (χ1n) is 26.4. The molecule has 0 spiro atoms. The lowest BCUT2D eigenvalue weighted by atomic mass is 9.90. The van der Waals surface area contributed by atoms with Crippen molar-refractivity contribution in [1.82, 2.24) is 15.5 Å². The fourth-order valence-electron chi connectivity index (χ4n) is 9.69. The Morgan fingerprint density at radius 3 is 1.33 bits per heavy atom. The Morgan fingerprint density at radius 2 is 0.941 bits per heavy atom. The minimum Gasteiger partial charge on any atom is -0.480 e. The van der Waals surface area contributed by atoms with Gasteiger partial charge in [0, 0.05) is 50.2 Å². The van der Waals surface area contributed by atoms with Crippen molar-refractivity contribution in [3.8, 4) is 17.2 Å². The largest absolute Gasteiger partial charge is 0.480 e. The van der Waals surface area contributed by atoms with Crippen LogP contribution in [0.15, 0.2) is 36.4 Å². The summed E-state index contributed by atoms with van der Waals surface area (Å²) in [5, 5.41) is 4.83. The summed E-state index contributed by atoms with van der Waals surface area (Å²) in [5.74, 6) is -4.79. The van der Waals surface area contributed by atoms with E-state index in [9.17, 15) is 77.9 Å². The van der Waals surface area contributed by atoms with Gasteiger partial charge in [-0.2, -0.15) is 39.5 Å². The highest BCUT2D eigenvalue weighted by atomic mass is 19.4. The lowest BCUT2D eigenvalue weighted by Crippen LogP contribution is -2.54. The van der Waals surface area contributed by atoms with Crippen LogP contribution in [0.4, 0.5) is 60.5 Å². The molecule has 0 aromatic heterocycles. The van der Waals surface area contributed by atoms with Crippen LogP contribution in [0, 0.1) is 0 Å². The molecule has 5 amide bonds. The SMILES string of the molecule is COC(=O)NCCN1C(=O)C(C)(C)Oc2cc(C(F)(F)F)c(C(=O)N(C(C)C)C3CCCCC3)cc21.COC(=O)NCCN1C(=O)C(C)(C)Oc2cc(C(F)(F)F)c(C(=O)OC)cc21.COC(=O)c1cc2c(cc1C(F)(F)F)OC(C)(C)C(=O)C2. The zero-order chi connectivity index (χ0) is 64.1. The number of nitrogens with zero attached hydrogens (tertiary/aromatic N) is 3. The molecular weight excluding hydrogens is 1150 g/mol. The van der Waals surface area contributed by atoms with Crippen LogP contribution in [0.1, 0.15) is 141 Å². The predicted octanol–water partition coefficient (Wildman–Crippen LogP) is 9.88. The van der Waals surface area contributed by atoms with Gasteiger partial charge in [0.1, 0.15) is 17.2 Å². The topological polar surface area (TPSA) is 235 Å². The fourth-order valence-corrected chi connectivity index (χ4v) is 9.69. The van der Waals surface area contributed by atoms with Crippen molar-refractivity contribution in [3.05, 3.63) is 75.3 Å². The van der Waals surface area contributed by atoms with Gasteiger partial charge in [-0.15, -0.1) is 0 Å². The number of benzene rings is 3. The molecule has 3 heterocycles. The van der Waals surface area contributed by atoms with Gasteiger partial charge in [0.05, 0.1) is 73.2 Å². The number of hydrogen-bond acceptors (Lipinski definition) is 15. The smallest absolute Gasteiger partial charge is 0.417 e. The Balaban J connectivity index is 0.000000241. The van der Waals surface area contributed by atoms with Crippen LogP contribution in [-0.2, 0) is 58.3 Å². The number of alkyl carbamates (subject to hydrolysis) is 2. The van der Waals surface area contributed by atoms with E-state index in [1.54, 1.807) is 13.8 Å². The number of anilines is 2. The number of ketones is 1. The molecule has 0 unspecified atom stereocenters. The van der Waals surface area contributed by atoms with Crippen LogP contribution in [0.5, 0.6) is 17.2 Å². The normalized spacial score (nSPS) is 16.8. The number of rotatable bonds is 11. The van der Waals surface area contributed by atoms with E-state index in [0.29, 0.717) is 6.07 Å². The predicted molar refractivity (Wildman–Crippen MR) is 284 cm³/mol. The minimum absolute atomic E-state index is 0.0154. The van der Waals surface area contributed by atoms with Gasteiger partial charge < -0.3 is 58.5 Å². The monoisotopic (exact) mass is 1220 g/mol. The summed E-state index contributed by atoms with van der Waals surface area (Å²) in [6.07, 6.45) is -11.6. The highest BCUT2D eigenvalue weighted by molar-refractivity contribution is 6.06. The first kappa shape index (κ1) is 67.8. The van der Waals surface area contributed by atoms with Crippen LogP contribution in [0.3, 0.4) is 0 Å². The second kappa shape index (κ2) is 26.1. The molecule has 2 N–H and O–H groups in total. The van der Waals surface area contributed by atoms with Crippen molar-refractivity contribution in [1.29, 1.82) is 0 Å². The summed E-state index contributed by atoms with van der Waals surface area (Å²) in [5.41, 5.74) is -9.22. The van der Waals surface area contributed by atoms with E-state index in [1.165, 1.54) is 58.5 Å². The summed E-state index contributed by atoms with van der Waals surface area (Å²) in [6.45, 7) is 12.1. The molecular formula is C56H66F9N5O15. The van der Waals surface area contributed by atoms with Gasteiger partial charge in [0.2, 0.25) is 0 Å². The third-order valence-electron chi connectivity index (χ3n) is 13.9. The summed E-state index contributed by atoms with van der Waals surface area (Å²) >= 11 is 0. The highest BCUT2D eigenvalue weighted by Gasteiger charge is 2.48. The summed E-state index contributed by atoms with van der Waals surface area (Å²) in [6, 6.07) is 4.76. The molecule has 0 radical (unpaired) electrons. The van der Waals surface area contributed by atoms with Gasteiger partial charge in [-0.25, -0.2) is 19.2 Å². The van der Waals surface area contributed by atoms with E-state index in [-0.39, 0.29) is 84.7 Å². The second-order valence-corrected chi connectivity index (χ2v) is 21.5. The second-order valence-electron chi connectivity index (χ2n) is 21.5. The first-order valence-corrected chi connectivity index (χ1v) is 26.4. The Labute approximate surface area is 482 Å². The Morgan fingerprint density at radius 1 is 0.565 bits per heavy atom. The zero-order valence-corrected chi connectivity index (χ0v) is 48.6. The molecule has 1 fully saturated rings. The van der Waals surface area contributed by atoms with E-state index in [1.807, 2.05) is 0 Å². The van der Waals surface area contributed by atoms with Crippen molar-refractivity contribution < 1.29 is 111 Å². The molecule has 20 nitrogen and oxygen atoms in total. The van der Waals surface area contributed by atoms with Gasteiger partial charge in [0.25, 0.3) is 17.7 Å². The van der Waals surface area contributed by atoms with E-state index in [0.717, 1.165) is 88.7 Å². The number of ether oxygens (including phenoxy) is 7. The number of methoxy groups -OCH3 is 4. The molecule has 29 heteroatoms. The number of carbonyl (C=O) groups excluding carboxylic acids is 8. The van der Waals surface area contributed by atoms with Gasteiger partial charge in [-0.3, -0.25) is 19.2 Å². The van der Waals surface area contributed by atoms with Crippen LogP contribution in [0.25, 0.3) is 0 Å². The molecule has 1 aliphatic carbocycles. The van der Waals surface area contributed by atoms with Gasteiger partial charge in [0.15, 0.2) is 22.6 Å². The quantitative estimate of drug-likeness (QED) is 0.103. The van der Waals surface area contributed by atoms with Gasteiger partial charge in [-0.1, -0.05) is 19.3 Å². The average Bonchev–Trinajstić information content (AvgIpc) is 1.01. The van der Waals surface area contributed by atoms with Crippen LogP contribution < -0.4 is 34.6 Å².